The number of allylic oxidation sites excluding steroid dienone is 2. The van der Waals surface area contributed by atoms with E-state index in [9.17, 15) is 0 Å². The van der Waals surface area contributed by atoms with Gasteiger partial charge in [-0.1, -0.05) is 26.2 Å². The van der Waals surface area contributed by atoms with Crippen LogP contribution in [0.25, 0.3) is 0 Å². The van der Waals surface area contributed by atoms with Crippen molar-refractivity contribution in [3.63, 3.8) is 0 Å². The van der Waals surface area contributed by atoms with Gasteiger partial charge in [0.05, 0.1) is 0 Å². The molecule has 0 heterocycles. The average molecular weight is 644 g/mol. The van der Waals surface area contributed by atoms with Gasteiger partial charge < -0.3 is 0 Å². The van der Waals surface area contributed by atoms with Gasteiger partial charge in [0.2, 0.25) is 0 Å². The number of unbranched alkanes of at least 4 members (excludes halogenated alkanes) is 12. The van der Waals surface area contributed by atoms with Gasteiger partial charge in [0.25, 0.3) is 0 Å². The Morgan fingerprint density at radius 3 is 1.55 bits per heavy atom. The monoisotopic (exact) mass is 642 g/mol. The summed E-state index contributed by atoms with van der Waals surface area (Å²) in [6.07, 6.45) is 28.0. The number of nitrogens with zero attached hydrogens (tertiary/aromatic N) is 2. The summed E-state index contributed by atoms with van der Waals surface area (Å²) in [5.74, 6) is 0. The van der Waals surface area contributed by atoms with Crippen LogP contribution in [0.1, 0.15) is 160 Å². The van der Waals surface area contributed by atoms with Crippen molar-refractivity contribution in [1.29, 1.82) is 0 Å². The molecule has 0 aliphatic carbocycles. The molecule has 2 nitrogen and oxygen atoms in total. The van der Waals surface area contributed by atoms with Gasteiger partial charge in [-0.3, -0.25) is 0 Å². The quantitative estimate of drug-likeness (QED) is 0.0651. The zero-order valence-corrected chi connectivity index (χ0v) is 30.3. The van der Waals surface area contributed by atoms with E-state index in [1.54, 1.807) is 0 Å². The van der Waals surface area contributed by atoms with Gasteiger partial charge in [0.15, 0.2) is 0 Å². The summed E-state index contributed by atoms with van der Waals surface area (Å²) in [5, 5.41) is 0. The molecule has 247 valence electrons. The summed E-state index contributed by atoms with van der Waals surface area (Å²) in [7, 11) is 0. The van der Waals surface area contributed by atoms with Gasteiger partial charge in [0.1, 0.15) is 0 Å². The van der Waals surface area contributed by atoms with Gasteiger partial charge >= 0.3 is 255 Å². The Bertz CT molecular complexity index is 1130. The van der Waals surface area contributed by atoms with E-state index >= 15 is 0 Å². The van der Waals surface area contributed by atoms with Crippen LogP contribution in [0.4, 0.5) is 11.4 Å². The molecule has 0 aliphatic rings. The average Bonchev–Trinajstić information content (AvgIpc) is 3.05. The van der Waals surface area contributed by atoms with E-state index in [-0.39, 0.29) is 0 Å². The Balaban J connectivity index is 2.37. The van der Waals surface area contributed by atoms with E-state index in [0.717, 1.165) is 67.7 Å². The molecule has 0 radical (unpaired) electrons. The maximum absolute atomic E-state index is 5.86. The second kappa shape index (κ2) is 23.4. The van der Waals surface area contributed by atoms with Crippen LogP contribution in [-0.4, -0.2) is 15.1 Å². The molecule has 0 aliphatic heterocycles. The van der Waals surface area contributed by atoms with Gasteiger partial charge in [0, 0.05) is 0 Å². The van der Waals surface area contributed by atoms with Crippen molar-refractivity contribution in [3.8, 4) is 0 Å². The normalized spacial score (nSPS) is 12.8. The molecule has 0 saturated heterocycles. The van der Waals surface area contributed by atoms with Crippen molar-refractivity contribution in [3.05, 3.63) is 70.8 Å². The van der Waals surface area contributed by atoms with Crippen LogP contribution in [0.2, 0.25) is 0 Å². The molecule has 2 rings (SSSR count). The minimum atomic E-state index is 0.942. The number of hydrogen-bond acceptors (Lipinski definition) is 1. The summed E-state index contributed by atoms with van der Waals surface area (Å²) < 4.78 is 2.04. The Kier molecular flexibility index (Phi) is 20.3. The third-order valence-corrected chi connectivity index (χ3v) is 9.18. The van der Waals surface area contributed by atoms with E-state index in [0.29, 0.717) is 0 Å². The zero-order valence-electron chi connectivity index (χ0n) is 29.3. The van der Waals surface area contributed by atoms with Crippen LogP contribution in [0.3, 0.4) is 0 Å². The molecule has 44 heavy (non-hydrogen) atoms. The molecule has 0 bridgehead atoms. The molecule has 2 aromatic rings. The summed E-state index contributed by atoms with van der Waals surface area (Å²) in [6, 6.07) is 13.8. The van der Waals surface area contributed by atoms with Crippen molar-refractivity contribution < 1.29 is 19.3 Å². The van der Waals surface area contributed by atoms with Crippen molar-refractivity contribution >= 4 is 22.8 Å². The summed E-state index contributed by atoms with van der Waals surface area (Å²) in [4.78, 5) is 5.38. The fraction of sp³-hybridized carbons (Fsp3) is 0.610. The minimum absolute atomic E-state index is 0.942. The Morgan fingerprint density at radius 1 is 0.591 bits per heavy atom. The molecule has 0 atom stereocenters. The summed E-state index contributed by atoms with van der Waals surface area (Å²) in [5.41, 5.74) is 9.80. The van der Waals surface area contributed by atoms with Crippen molar-refractivity contribution in [1.82, 2.24) is 0 Å². The zero-order chi connectivity index (χ0) is 32.0. The van der Waals surface area contributed by atoms with Gasteiger partial charge in [-0.2, -0.15) is 0 Å². The van der Waals surface area contributed by atoms with Crippen molar-refractivity contribution in [2.24, 2.45) is 4.99 Å². The Morgan fingerprint density at radius 2 is 1.05 bits per heavy atom. The molecular weight excluding hydrogens is 579 g/mol. The van der Waals surface area contributed by atoms with E-state index in [2.05, 4.69) is 90.1 Å². The van der Waals surface area contributed by atoms with Crippen LogP contribution in [0.5, 0.6) is 0 Å². The summed E-state index contributed by atoms with van der Waals surface area (Å²) in [6.45, 7) is 13.5. The molecule has 0 fully saturated rings. The van der Waals surface area contributed by atoms with Crippen molar-refractivity contribution in [2.45, 2.75) is 164 Å². The molecule has 0 amide bonds. The molecule has 3 heteroatoms. The topological polar surface area (TPSA) is 15.4 Å². The predicted octanol–water partition coefficient (Wildman–Crippen LogP) is 12.7. The SMILES string of the molecule is CCCCCCCCCCCCC=CC(C(CCCCC)=Nc1cc(CC)cc(CC)c1)=[N+]([Ni])c1cc(CC)cc(CC)c1. The number of aryl methyl sites for hydroxylation is 4. The molecule has 0 aromatic heterocycles. The number of benzene rings is 2. The first-order valence-electron chi connectivity index (χ1n) is 18.3. The van der Waals surface area contributed by atoms with Crippen molar-refractivity contribution in [2.75, 3.05) is 0 Å². The number of hydrogen-bond donors (Lipinski definition) is 0. The first-order valence-corrected chi connectivity index (χ1v) is 18.7. The molecular formula is C41H64N2Ni+. The second-order valence-corrected chi connectivity index (χ2v) is 12.9. The van der Waals surface area contributed by atoms with Crippen LogP contribution in [0, 0.1) is 0 Å². The second-order valence-electron chi connectivity index (χ2n) is 12.5. The van der Waals surface area contributed by atoms with Crippen LogP contribution >= 0.6 is 0 Å². The fourth-order valence-corrected chi connectivity index (χ4v) is 6.09. The predicted molar refractivity (Wildman–Crippen MR) is 192 cm³/mol. The molecule has 0 N–H and O–H groups in total. The third kappa shape index (κ3) is 14.4. The van der Waals surface area contributed by atoms with Gasteiger partial charge in [-0.25, -0.2) is 0 Å². The molecule has 2 aromatic carbocycles. The molecule has 0 unspecified atom stereocenters. The van der Waals surface area contributed by atoms with E-state index in [4.69, 9.17) is 20.7 Å². The van der Waals surface area contributed by atoms with E-state index in [1.807, 2.05) is 3.66 Å². The van der Waals surface area contributed by atoms with E-state index in [1.165, 1.54) is 99.3 Å². The first kappa shape index (κ1) is 38.2. The first-order chi connectivity index (χ1) is 21.5. The van der Waals surface area contributed by atoms with Gasteiger partial charge in [-0.15, -0.1) is 0 Å². The Labute approximate surface area is 280 Å². The fourth-order valence-electron chi connectivity index (χ4n) is 5.76. The Hall–Kier alpha value is -1.99. The van der Waals surface area contributed by atoms with Gasteiger partial charge in [-0.05, 0) is 0 Å². The standard InChI is InChI=1S/C41H64N2.Ni/c1-7-13-15-16-17-18-19-20-21-22-23-25-27-41(43-39-32-36(11-5)29-37(12-6)33-39)40(26-24-14-8-2)42-38-30-34(9-3)28-35(10-4)31-38;/h25,27-33H,7-24,26H2,1-6H3;/q;+1. The maximum atomic E-state index is 5.86. The van der Waals surface area contributed by atoms with Crippen LogP contribution in [-0.2, 0) is 41.4 Å². The number of aliphatic imine (C=N–C) groups is 1. The van der Waals surface area contributed by atoms with Crippen LogP contribution in [0.15, 0.2) is 53.5 Å². The molecule has 0 spiro atoms. The third-order valence-electron chi connectivity index (χ3n) is 8.69. The summed E-state index contributed by atoms with van der Waals surface area (Å²) >= 11 is 5.86. The van der Waals surface area contributed by atoms with E-state index < -0.39 is 0 Å². The number of rotatable bonds is 23. The van der Waals surface area contributed by atoms with Crippen LogP contribution < -0.4 is 0 Å². The molecule has 0 saturated carbocycles.